The molecule has 2 aromatic carbocycles. The topological polar surface area (TPSA) is 113 Å². The number of hydrogen-bond acceptors (Lipinski definition) is 7. The molecule has 184 valence electrons. The Balaban J connectivity index is 0.000000314. The Morgan fingerprint density at radius 3 is 2.09 bits per heavy atom. The summed E-state index contributed by atoms with van der Waals surface area (Å²) in [6.45, 7) is 3.91. The van der Waals surface area contributed by atoms with Crippen LogP contribution in [0.5, 0.6) is 0 Å². The number of carbonyl (C=O) groups is 3. The van der Waals surface area contributed by atoms with Crippen molar-refractivity contribution in [2.24, 2.45) is 5.92 Å². The quantitative estimate of drug-likeness (QED) is 0.603. The lowest BCUT2D eigenvalue weighted by atomic mass is 9.86. The molecule has 0 saturated carbocycles. The van der Waals surface area contributed by atoms with Crippen LogP contribution in [-0.4, -0.2) is 60.1 Å². The van der Waals surface area contributed by atoms with E-state index in [1.54, 1.807) is 0 Å². The number of fused-ring (bicyclic) bond motifs is 4. The average molecular weight is 477 g/mol. The molecule has 2 aromatic rings. The standard InChI is InChI=1S/C23H26N2O2.C4H4O4/c26-23(27-21-16-24-13-10-18(21)11-14-24)25-15-12-17-6-4-5-9-20(17)22(25)19-7-2-1-3-8-19;5-3(6)1-2-4(7)8/h1-9,18,21-22H,10-16H2;1-2H,(H,5,6)(H,7,8)/p-2/b;2-1-/t21-,22-;/m0./s1. The Morgan fingerprint density at radius 2 is 1.49 bits per heavy atom. The molecule has 2 atom stereocenters. The zero-order valence-corrected chi connectivity index (χ0v) is 19.4. The fourth-order valence-electron chi connectivity index (χ4n) is 5.14. The number of benzene rings is 2. The third kappa shape index (κ3) is 6.08. The molecule has 4 heterocycles. The predicted molar refractivity (Wildman–Crippen MR) is 124 cm³/mol. The third-order valence-electron chi connectivity index (χ3n) is 6.84. The lowest BCUT2D eigenvalue weighted by Crippen LogP contribution is -2.53. The van der Waals surface area contributed by atoms with Crippen molar-refractivity contribution in [2.75, 3.05) is 26.2 Å². The van der Waals surface area contributed by atoms with Gasteiger partial charge in [-0.1, -0.05) is 54.6 Å². The van der Waals surface area contributed by atoms with Crippen molar-refractivity contribution in [1.29, 1.82) is 0 Å². The molecule has 6 rings (SSSR count). The summed E-state index contributed by atoms with van der Waals surface area (Å²) in [5.41, 5.74) is 3.70. The number of piperidine rings is 3. The Hall–Kier alpha value is -3.65. The minimum absolute atomic E-state index is 0.0496. The molecule has 4 aliphatic heterocycles. The zero-order chi connectivity index (χ0) is 24.8. The summed E-state index contributed by atoms with van der Waals surface area (Å²) in [6.07, 6.45) is 3.86. The molecule has 35 heavy (non-hydrogen) atoms. The molecular weight excluding hydrogens is 448 g/mol. The number of carboxylic acid groups (broad SMARTS) is 2. The van der Waals surface area contributed by atoms with Gasteiger partial charge in [0.15, 0.2) is 0 Å². The second kappa shape index (κ2) is 11.2. The van der Waals surface area contributed by atoms with Crippen LogP contribution in [-0.2, 0) is 20.7 Å². The summed E-state index contributed by atoms with van der Waals surface area (Å²) in [4.78, 5) is 36.4. The summed E-state index contributed by atoms with van der Waals surface area (Å²) in [6, 6.07) is 18.8. The summed E-state index contributed by atoms with van der Waals surface area (Å²) in [7, 11) is 0. The van der Waals surface area contributed by atoms with E-state index in [9.17, 15) is 24.6 Å². The highest BCUT2D eigenvalue weighted by atomic mass is 16.6. The first-order valence-electron chi connectivity index (χ1n) is 11.8. The molecule has 3 saturated heterocycles. The van der Waals surface area contributed by atoms with E-state index in [0.29, 0.717) is 24.6 Å². The van der Waals surface area contributed by atoms with Gasteiger partial charge in [-0.2, -0.15) is 0 Å². The Morgan fingerprint density at radius 1 is 0.857 bits per heavy atom. The first-order valence-corrected chi connectivity index (χ1v) is 11.8. The van der Waals surface area contributed by atoms with Crippen LogP contribution in [0.4, 0.5) is 4.79 Å². The second-order valence-electron chi connectivity index (χ2n) is 8.99. The number of carboxylic acids is 2. The fourth-order valence-corrected chi connectivity index (χ4v) is 5.14. The zero-order valence-electron chi connectivity index (χ0n) is 19.4. The van der Waals surface area contributed by atoms with E-state index in [1.807, 2.05) is 23.1 Å². The van der Waals surface area contributed by atoms with Gasteiger partial charge in [-0.05, 0) is 67.1 Å². The average Bonchev–Trinajstić information content (AvgIpc) is 2.88. The van der Waals surface area contributed by atoms with Crippen LogP contribution >= 0.6 is 0 Å². The van der Waals surface area contributed by atoms with E-state index < -0.39 is 11.9 Å². The van der Waals surface area contributed by atoms with Gasteiger partial charge in [0, 0.05) is 13.1 Å². The van der Waals surface area contributed by atoms with Crippen molar-refractivity contribution in [3.63, 3.8) is 0 Å². The highest BCUT2D eigenvalue weighted by Crippen LogP contribution is 2.36. The van der Waals surface area contributed by atoms with Crippen molar-refractivity contribution < 1.29 is 29.3 Å². The number of carbonyl (C=O) groups excluding carboxylic acids is 3. The largest absolute Gasteiger partial charge is 0.545 e. The van der Waals surface area contributed by atoms with E-state index >= 15 is 0 Å². The first-order chi connectivity index (χ1) is 16.9. The van der Waals surface area contributed by atoms with Crippen molar-refractivity contribution >= 4 is 18.0 Å². The van der Waals surface area contributed by atoms with E-state index in [1.165, 1.54) is 11.1 Å². The van der Waals surface area contributed by atoms with Gasteiger partial charge in [0.2, 0.25) is 0 Å². The van der Waals surface area contributed by atoms with E-state index in [4.69, 9.17) is 4.74 Å². The summed E-state index contributed by atoms with van der Waals surface area (Å²) in [5.74, 6) is -2.56. The van der Waals surface area contributed by atoms with Gasteiger partial charge >= 0.3 is 6.09 Å². The maximum absolute atomic E-state index is 13.2. The minimum Gasteiger partial charge on any atom is -0.545 e. The molecule has 0 spiro atoms. The Kier molecular flexibility index (Phi) is 7.82. The van der Waals surface area contributed by atoms with Crippen LogP contribution in [0.25, 0.3) is 0 Å². The number of nitrogens with zero attached hydrogens (tertiary/aromatic N) is 2. The van der Waals surface area contributed by atoms with Crippen LogP contribution in [0.3, 0.4) is 0 Å². The molecule has 3 fully saturated rings. The summed E-state index contributed by atoms with van der Waals surface area (Å²) >= 11 is 0. The Bertz CT molecular complexity index is 1060. The number of ether oxygens (including phenoxy) is 1. The molecule has 1 amide bonds. The second-order valence-corrected chi connectivity index (χ2v) is 8.99. The molecule has 0 radical (unpaired) electrons. The highest BCUT2D eigenvalue weighted by Gasteiger charge is 2.39. The van der Waals surface area contributed by atoms with Crippen molar-refractivity contribution in [3.8, 4) is 0 Å². The molecule has 8 heteroatoms. The molecule has 8 nitrogen and oxygen atoms in total. The van der Waals surface area contributed by atoms with Crippen molar-refractivity contribution in [1.82, 2.24) is 9.80 Å². The third-order valence-corrected chi connectivity index (χ3v) is 6.84. The molecule has 2 bridgehead atoms. The monoisotopic (exact) mass is 476 g/mol. The molecule has 0 unspecified atom stereocenters. The summed E-state index contributed by atoms with van der Waals surface area (Å²) < 4.78 is 6.08. The van der Waals surface area contributed by atoms with Crippen LogP contribution < -0.4 is 10.2 Å². The van der Waals surface area contributed by atoms with Gasteiger partial charge in [0.1, 0.15) is 6.10 Å². The van der Waals surface area contributed by atoms with Crippen LogP contribution in [0.1, 0.15) is 35.6 Å². The molecule has 4 aliphatic rings. The maximum Gasteiger partial charge on any atom is 0.410 e. The fraction of sp³-hybridized carbons (Fsp3) is 0.370. The predicted octanol–water partition coefficient (Wildman–Crippen LogP) is 0.907. The van der Waals surface area contributed by atoms with E-state index in [2.05, 4.69) is 41.3 Å². The summed E-state index contributed by atoms with van der Waals surface area (Å²) in [5, 5.41) is 18.8. The van der Waals surface area contributed by atoms with Crippen molar-refractivity contribution in [2.45, 2.75) is 31.4 Å². The maximum atomic E-state index is 13.2. The van der Waals surface area contributed by atoms with Gasteiger partial charge in [0.05, 0.1) is 18.0 Å². The smallest absolute Gasteiger partial charge is 0.410 e. The van der Waals surface area contributed by atoms with Crippen LogP contribution in [0.15, 0.2) is 66.7 Å². The molecular formula is C27H28N2O6-2. The number of hydrogen-bond donors (Lipinski definition) is 0. The number of rotatable bonds is 4. The van der Waals surface area contributed by atoms with E-state index in [-0.39, 0.29) is 18.2 Å². The van der Waals surface area contributed by atoms with Gasteiger partial charge in [0.25, 0.3) is 0 Å². The van der Waals surface area contributed by atoms with Gasteiger partial charge in [-0.3, -0.25) is 9.80 Å². The number of aliphatic carboxylic acids is 2. The molecule has 0 N–H and O–H groups in total. The van der Waals surface area contributed by atoms with Gasteiger partial charge in [-0.25, -0.2) is 4.79 Å². The molecule has 0 aromatic heterocycles. The lowest BCUT2D eigenvalue weighted by molar-refractivity contribution is -0.301. The minimum atomic E-state index is -1.55. The van der Waals surface area contributed by atoms with Gasteiger partial charge in [-0.15, -0.1) is 0 Å². The van der Waals surface area contributed by atoms with Crippen molar-refractivity contribution in [3.05, 3.63) is 83.4 Å². The number of amides is 1. The SMILES string of the molecule is O=C(O[C@H]1CN2CCC1CC2)N1CCc2ccccc2[C@@H]1c1ccccc1.O=C([O-])/C=C\C(=O)[O-]. The van der Waals surface area contributed by atoms with Gasteiger partial charge < -0.3 is 24.5 Å². The van der Waals surface area contributed by atoms with Crippen LogP contribution in [0, 0.1) is 5.92 Å². The first kappa shape index (κ1) is 24.5. The van der Waals surface area contributed by atoms with E-state index in [0.717, 1.165) is 44.5 Å². The lowest BCUT2D eigenvalue weighted by Gasteiger charge is -2.45. The Labute approximate surface area is 204 Å². The normalized spacial score (nSPS) is 24.7. The molecule has 0 aliphatic carbocycles. The van der Waals surface area contributed by atoms with Crippen LogP contribution in [0.2, 0.25) is 0 Å². The highest BCUT2D eigenvalue weighted by molar-refractivity contribution is 5.87.